The number of aliphatic hydroxyl groups excluding tert-OH is 1. The van der Waals surface area contributed by atoms with Gasteiger partial charge in [0.1, 0.15) is 22.5 Å². The summed E-state index contributed by atoms with van der Waals surface area (Å²) in [7, 11) is 1.22. The molecular weight excluding hydrogens is 447 g/mol. The van der Waals surface area contributed by atoms with Gasteiger partial charge >= 0.3 is 11.9 Å². The van der Waals surface area contributed by atoms with Gasteiger partial charge < -0.3 is 9.84 Å². The van der Waals surface area contributed by atoms with Crippen molar-refractivity contribution in [1.29, 1.82) is 0 Å². The molecule has 1 aliphatic heterocycles. The molecular formula is C24H19FN2O5S. The van der Waals surface area contributed by atoms with Gasteiger partial charge in [0, 0.05) is 11.1 Å². The lowest BCUT2D eigenvalue weighted by Gasteiger charge is -2.23. The van der Waals surface area contributed by atoms with Gasteiger partial charge in [0.15, 0.2) is 5.13 Å². The van der Waals surface area contributed by atoms with Crippen LogP contribution >= 0.6 is 11.3 Å². The number of aromatic nitrogens is 1. The molecule has 1 N–H and O–H groups in total. The van der Waals surface area contributed by atoms with Gasteiger partial charge in [-0.25, -0.2) is 14.2 Å². The van der Waals surface area contributed by atoms with Crippen LogP contribution in [-0.2, 0) is 14.3 Å². The normalized spacial score (nSPS) is 17.5. The van der Waals surface area contributed by atoms with Crippen LogP contribution in [0.1, 0.15) is 38.1 Å². The molecule has 0 aliphatic carbocycles. The van der Waals surface area contributed by atoms with E-state index in [0.29, 0.717) is 11.3 Å². The lowest BCUT2D eigenvalue weighted by molar-refractivity contribution is -0.132. The molecule has 0 bridgehead atoms. The fourth-order valence-corrected chi connectivity index (χ4v) is 4.67. The minimum absolute atomic E-state index is 0.0119. The summed E-state index contributed by atoms with van der Waals surface area (Å²) in [6.07, 6.45) is 0. The van der Waals surface area contributed by atoms with Crippen molar-refractivity contribution in [2.24, 2.45) is 0 Å². The number of rotatable bonds is 4. The number of carbonyl (C=O) groups excluding carboxylic acids is 3. The van der Waals surface area contributed by atoms with E-state index in [4.69, 9.17) is 4.74 Å². The zero-order valence-electron chi connectivity index (χ0n) is 18.0. The predicted octanol–water partition coefficient (Wildman–Crippen LogP) is 4.31. The number of thiazole rings is 1. The number of amides is 1. The number of ketones is 1. The third-order valence-electron chi connectivity index (χ3n) is 5.33. The van der Waals surface area contributed by atoms with Crippen molar-refractivity contribution in [3.05, 3.63) is 87.2 Å². The Bertz CT molecular complexity index is 1310. The van der Waals surface area contributed by atoms with Crippen LogP contribution in [0.4, 0.5) is 9.52 Å². The highest BCUT2D eigenvalue weighted by Crippen LogP contribution is 2.44. The zero-order chi connectivity index (χ0) is 23.9. The summed E-state index contributed by atoms with van der Waals surface area (Å²) in [5.74, 6) is -3.69. The summed E-state index contributed by atoms with van der Waals surface area (Å²) in [5, 5.41) is 11.1. The Kier molecular flexibility index (Phi) is 5.82. The first-order chi connectivity index (χ1) is 15.7. The number of ether oxygens (including phenoxy) is 1. The van der Waals surface area contributed by atoms with Crippen LogP contribution in [0.2, 0.25) is 0 Å². The number of benzene rings is 2. The number of esters is 1. The van der Waals surface area contributed by atoms with Gasteiger partial charge in [0.25, 0.3) is 5.78 Å². The van der Waals surface area contributed by atoms with Gasteiger partial charge in [-0.15, -0.1) is 0 Å². The fraction of sp³-hybridized carbons (Fsp3) is 0.167. The number of hydrogen-bond acceptors (Lipinski definition) is 7. The van der Waals surface area contributed by atoms with Crippen LogP contribution in [0, 0.1) is 19.7 Å². The maximum Gasteiger partial charge on any atom is 0.350 e. The number of hydrogen-bond donors (Lipinski definition) is 1. The molecule has 1 atom stereocenters. The van der Waals surface area contributed by atoms with Crippen LogP contribution in [0.5, 0.6) is 0 Å². The summed E-state index contributed by atoms with van der Waals surface area (Å²) >= 11 is 0.852. The van der Waals surface area contributed by atoms with Gasteiger partial charge in [-0.1, -0.05) is 59.4 Å². The van der Waals surface area contributed by atoms with Crippen LogP contribution in [-0.4, -0.2) is 34.9 Å². The van der Waals surface area contributed by atoms with Crippen molar-refractivity contribution in [2.75, 3.05) is 12.0 Å². The maximum atomic E-state index is 14.9. The number of nitrogens with zero attached hydrogens (tertiary/aromatic N) is 2. The third-order valence-corrected chi connectivity index (χ3v) is 6.47. The fourth-order valence-electron chi connectivity index (χ4n) is 3.66. The van der Waals surface area contributed by atoms with E-state index in [1.807, 2.05) is 6.92 Å². The zero-order valence-corrected chi connectivity index (χ0v) is 18.8. The van der Waals surface area contributed by atoms with E-state index in [2.05, 4.69) is 4.98 Å². The van der Waals surface area contributed by atoms with Gasteiger partial charge in [-0.2, -0.15) is 0 Å². The second kappa shape index (κ2) is 8.59. The molecule has 0 spiro atoms. The van der Waals surface area contributed by atoms with Crippen molar-refractivity contribution in [2.45, 2.75) is 19.9 Å². The average Bonchev–Trinajstić information content (AvgIpc) is 3.30. The van der Waals surface area contributed by atoms with Crippen molar-refractivity contribution < 1.29 is 28.6 Å². The lowest BCUT2D eigenvalue weighted by atomic mass is 9.95. The molecule has 0 unspecified atom stereocenters. The molecule has 1 amide bonds. The molecule has 1 saturated heterocycles. The number of aryl methyl sites for hydroxylation is 2. The number of carbonyl (C=O) groups is 3. The minimum Gasteiger partial charge on any atom is -0.507 e. The molecule has 2 aromatic carbocycles. The third kappa shape index (κ3) is 3.80. The molecule has 1 fully saturated rings. The highest BCUT2D eigenvalue weighted by atomic mass is 32.1. The predicted molar refractivity (Wildman–Crippen MR) is 121 cm³/mol. The van der Waals surface area contributed by atoms with Crippen LogP contribution in [0.3, 0.4) is 0 Å². The molecule has 2 heterocycles. The van der Waals surface area contributed by atoms with Crippen LogP contribution < -0.4 is 4.90 Å². The lowest BCUT2D eigenvalue weighted by Crippen LogP contribution is -2.29. The first kappa shape index (κ1) is 22.3. The van der Waals surface area contributed by atoms with Crippen molar-refractivity contribution in [1.82, 2.24) is 4.98 Å². The van der Waals surface area contributed by atoms with Gasteiger partial charge in [0.2, 0.25) is 0 Å². The Morgan fingerprint density at radius 3 is 2.42 bits per heavy atom. The SMILES string of the molecule is COC(=O)c1sc(N2C(=O)C(=O)C(=C(O)c3ccc(C)cc3)[C@H]2c2ccccc2F)nc1C. The Morgan fingerprint density at radius 2 is 1.79 bits per heavy atom. The number of methoxy groups -OCH3 is 1. The Labute approximate surface area is 192 Å². The van der Waals surface area contributed by atoms with Gasteiger partial charge in [-0.05, 0) is 19.9 Å². The molecule has 168 valence electrons. The number of aliphatic hydroxyl groups is 1. The first-order valence-corrected chi connectivity index (χ1v) is 10.7. The second-order valence-corrected chi connectivity index (χ2v) is 8.44. The Hall–Kier alpha value is -3.85. The number of Topliss-reactive ketones (excluding diaryl/α,β-unsaturated/α-hetero) is 1. The highest BCUT2D eigenvalue weighted by Gasteiger charge is 2.49. The van der Waals surface area contributed by atoms with E-state index >= 15 is 0 Å². The molecule has 0 saturated carbocycles. The van der Waals surface area contributed by atoms with Crippen molar-refractivity contribution in [3.8, 4) is 0 Å². The molecule has 9 heteroatoms. The quantitative estimate of drug-likeness (QED) is 0.266. The van der Waals surface area contributed by atoms with E-state index in [9.17, 15) is 23.9 Å². The smallest absolute Gasteiger partial charge is 0.350 e. The summed E-state index contributed by atoms with van der Waals surface area (Å²) in [6, 6.07) is 11.1. The van der Waals surface area contributed by atoms with E-state index in [0.717, 1.165) is 21.8 Å². The van der Waals surface area contributed by atoms with Crippen LogP contribution in [0.15, 0.2) is 54.1 Å². The molecule has 3 aromatic rings. The number of anilines is 1. The van der Waals surface area contributed by atoms with Crippen LogP contribution in [0.25, 0.3) is 5.76 Å². The average molecular weight is 466 g/mol. The molecule has 0 radical (unpaired) electrons. The topological polar surface area (TPSA) is 96.8 Å². The summed E-state index contributed by atoms with van der Waals surface area (Å²) in [6.45, 7) is 3.43. The largest absolute Gasteiger partial charge is 0.507 e. The van der Waals surface area contributed by atoms with Crippen molar-refractivity contribution in [3.63, 3.8) is 0 Å². The molecule has 7 nitrogen and oxygen atoms in total. The van der Waals surface area contributed by atoms with Gasteiger partial charge in [0.05, 0.1) is 18.4 Å². The van der Waals surface area contributed by atoms with Crippen molar-refractivity contribution >= 4 is 39.9 Å². The summed E-state index contributed by atoms with van der Waals surface area (Å²) in [4.78, 5) is 43.7. The number of halogens is 1. The first-order valence-electron chi connectivity index (χ1n) is 9.92. The molecule has 4 rings (SSSR count). The van der Waals surface area contributed by atoms with E-state index < -0.39 is 35.3 Å². The molecule has 1 aliphatic rings. The maximum absolute atomic E-state index is 14.9. The summed E-state index contributed by atoms with van der Waals surface area (Å²) < 4.78 is 19.6. The summed E-state index contributed by atoms with van der Waals surface area (Å²) in [5.41, 5.74) is 1.30. The Balaban J connectivity index is 1.95. The highest BCUT2D eigenvalue weighted by molar-refractivity contribution is 7.17. The standard InChI is InChI=1S/C24H19FN2O5S/c1-12-8-10-14(11-9-12)19(28)17-18(15-6-4-5-7-16(15)25)27(22(30)20(17)29)24-26-13(2)21(33-24)23(31)32-3/h4-11,18,28H,1-3H3/t18-/m1/s1. The molecule has 33 heavy (non-hydrogen) atoms. The Morgan fingerprint density at radius 1 is 1.12 bits per heavy atom. The molecule has 1 aromatic heterocycles. The minimum atomic E-state index is -1.27. The van der Waals surface area contributed by atoms with E-state index in [1.54, 1.807) is 37.3 Å². The van der Waals surface area contributed by atoms with E-state index in [-0.39, 0.29) is 21.1 Å². The monoisotopic (exact) mass is 466 g/mol. The van der Waals surface area contributed by atoms with Gasteiger partial charge in [-0.3, -0.25) is 14.5 Å². The van der Waals surface area contributed by atoms with E-state index in [1.165, 1.54) is 25.3 Å². The second-order valence-electron chi connectivity index (χ2n) is 7.46.